The van der Waals surface area contributed by atoms with Gasteiger partial charge in [0.05, 0.1) is 23.5 Å². The van der Waals surface area contributed by atoms with E-state index in [-0.39, 0.29) is 5.54 Å². The molecule has 0 bridgehead atoms. The summed E-state index contributed by atoms with van der Waals surface area (Å²) >= 11 is 3.48. The van der Waals surface area contributed by atoms with Crippen LogP contribution in [0.15, 0.2) is 58.0 Å². The minimum absolute atomic E-state index is 0.0883. The van der Waals surface area contributed by atoms with Crippen molar-refractivity contribution in [1.82, 2.24) is 5.32 Å². The maximum atomic E-state index is 4.96. The van der Waals surface area contributed by atoms with E-state index in [0.29, 0.717) is 6.54 Å². The van der Waals surface area contributed by atoms with E-state index in [1.165, 1.54) is 11.3 Å². The summed E-state index contributed by atoms with van der Waals surface area (Å²) in [5.41, 5.74) is 3.41. The van der Waals surface area contributed by atoms with Gasteiger partial charge in [0.2, 0.25) is 0 Å². The van der Waals surface area contributed by atoms with E-state index in [4.69, 9.17) is 4.99 Å². The Balaban J connectivity index is 0.000000948. The molecule has 0 aliphatic carbocycles. The molecule has 138 valence electrons. The minimum atomic E-state index is -0.0883. The summed E-state index contributed by atoms with van der Waals surface area (Å²) in [6.45, 7) is 6.71. The molecule has 4 nitrogen and oxygen atoms in total. The molecule has 0 atom stereocenters. The summed E-state index contributed by atoms with van der Waals surface area (Å²) < 4.78 is 1.10. The van der Waals surface area contributed by atoms with Crippen molar-refractivity contribution in [2.45, 2.75) is 38.8 Å². The lowest BCUT2D eigenvalue weighted by atomic mass is 9.84. The third-order valence-corrected chi connectivity index (χ3v) is 5.33. The van der Waals surface area contributed by atoms with Gasteiger partial charge in [-0.2, -0.15) is 0 Å². The quantitative estimate of drug-likeness (QED) is 0.645. The fourth-order valence-corrected chi connectivity index (χ4v) is 3.70. The van der Waals surface area contributed by atoms with Gasteiger partial charge in [0.1, 0.15) is 5.84 Å². The zero-order valence-electron chi connectivity index (χ0n) is 15.5. The Bertz CT molecular complexity index is 749. The van der Waals surface area contributed by atoms with Crippen molar-refractivity contribution in [3.8, 4) is 0 Å². The molecule has 0 unspecified atom stereocenters. The summed E-state index contributed by atoms with van der Waals surface area (Å²) in [7, 11) is 0. The van der Waals surface area contributed by atoms with Gasteiger partial charge in [0.15, 0.2) is 0 Å². The zero-order valence-corrected chi connectivity index (χ0v) is 17.1. The van der Waals surface area contributed by atoms with Gasteiger partial charge in [0.25, 0.3) is 0 Å². The van der Waals surface area contributed by atoms with Gasteiger partial charge in [-0.1, -0.05) is 54.0 Å². The highest BCUT2D eigenvalue weighted by molar-refractivity contribution is 9.10. The second-order valence-corrected chi connectivity index (χ2v) is 7.33. The molecule has 0 saturated carbocycles. The van der Waals surface area contributed by atoms with Crippen LogP contribution in [-0.2, 0) is 6.54 Å². The number of rotatable bonds is 2. The van der Waals surface area contributed by atoms with Crippen LogP contribution in [-0.4, -0.2) is 24.5 Å². The maximum Gasteiger partial charge on any atom is 0.127 e. The van der Waals surface area contributed by atoms with Crippen LogP contribution in [0.3, 0.4) is 0 Å². The first-order valence-electron chi connectivity index (χ1n) is 9.40. The Morgan fingerprint density at radius 1 is 0.962 bits per heavy atom. The van der Waals surface area contributed by atoms with Crippen molar-refractivity contribution in [1.29, 1.82) is 0 Å². The van der Waals surface area contributed by atoms with Crippen LogP contribution in [0.4, 0.5) is 11.4 Å². The van der Waals surface area contributed by atoms with E-state index in [0.717, 1.165) is 41.9 Å². The van der Waals surface area contributed by atoms with Gasteiger partial charge in [-0.05, 0) is 55.8 Å². The first kappa shape index (κ1) is 18.9. The van der Waals surface area contributed by atoms with Crippen molar-refractivity contribution in [3.63, 3.8) is 0 Å². The lowest BCUT2D eigenvalue weighted by molar-refractivity contribution is 0.419. The van der Waals surface area contributed by atoms with Gasteiger partial charge in [-0.25, -0.2) is 0 Å². The van der Waals surface area contributed by atoms with Crippen molar-refractivity contribution < 1.29 is 0 Å². The molecule has 0 radical (unpaired) electrons. The van der Waals surface area contributed by atoms with Gasteiger partial charge < -0.3 is 16.0 Å². The van der Waals surface area contributed by atoms with Gasteiger partial charge in [0, 0.05) is 4.47 Å². The normalized spacial score (nSPS) is 19.0. The minimum Gasteiger partial charge on any atom is -0.371 e. The number of piperidine rings is 1. The molecule has 3 N–H and O–H groups in total. The number of benzene rings is 2. The molecule has 4 rings (SSSR count). The number of aliphatic imine (C=N–C) groups is 1. The lowest BCUT2D eigenvalue weighted by Crippen LogP contribution is -2.57. The van der Waals surface area contributed by atoms with Crippen LogP contribution in [0.25, 0.3) is 0 Å². The van der Waals surface area contributed by atoms with Crippen LogP contribution in [0.1, 0.15) is 32.3 Å². The Kier molecular flexibility index (Phi) is 6.33. The SMILES string of the molecule is Brc1ccc(CN=C2Nc3ccccc3NC23CCNCC3)cc1.CC. The van der Waals surface area contributed by atoms with Crippen LogP contribution >= 0.6 is 15.9 Å². The number of halogens is 1. The fraction of sp³-hybridized carbons (Fsp3) is 0.381. The Morgan fingerprint density at radius 3 is 2.31 bits per heavy atom. The number of hydrogen-bond acceptors (Lipinski definition) is 3. The second kappa shape index (κ2) is 8.69. The zero-order chi connectivity index (χ0) is 18.4. The lowest BCUT2D eigenvalue weighted by Gasteiger charge is -2.44. The molecule has 2 aliphatic rings. The maximum absolute atomic E-state index is 4.96. The van der Waals surface area contributed by atoms with Gasteiger partial charge >= 0.3 is 0 Å². The average Bonchev–Trinajstić information content (AvgIpc) is 2.70. The Morgan fingerprint density at radius 2 is 1.62 bits per heavy atom. The first-order valence-corrected chi connectivity index (χ1v) is 10.2. The topological polar surface area (TPSA) is 48.5 Å². The van der Waals surface area contributed by atoms with E-state index >= 15 is 0 Å². The molecule has 2 aromatic rings. The van der Waals surface area contributed by atoms with E-state index in [2.05, 4.69) is 80.4 Å². The molecule has 5 heteroatoms. The number of nitrogens with one attached hydrogen (secondary N) is 3. The van der Waals surface area contributed by atoms with Crippen LogP contribution < -0.4 is 16.0 Å². The van der Waals surface area contributed by atoms with Gasteiger partial charge in [-0.3, -0.25) is 4.99 Å². The van der Waals surface area contributed by atoms with E-state index < -0.39 is 0 Å². The highest BCUT2D eigenvalue weighted by atomic mass is 79.9. The Hall–Kier alpha value is -1.85. The molecule has 1 saturated heterocycles. The number of nitrogens with zero attached hydrogens (tertiary/aromatic N) is 1. The highest BCUT2D eigenvalue weighted by Crippen LogP contribution is 2.35. The predicted octanol–water partition coefficient (Wildman–Crippen LogP) is 5.03. The van der Waals surface area contributed by atoms with Crippen molar-refractivity contribution >= 4 is 33.1 Å². The third-order valence-electron chi connectivity index (χ3n) is 4.80. The Labute approximate surface area is 164 Å². The van der Waals surface area contributed by atoms with E-state index in [9.17, 15) is 0 Å². The number of hydrogen-bond donors (Lipinski definition) is 3. The summed E-state index contributed by atoms with van der Waals surface area (Å²) in [5, 5.41) is 10.8. The summed E-state index contributed by atoms with van der Waals surface area (Å²) in [6.07, 6.45) is 2.07. The van der Waals surface area contributed by atoms with E-state index in [1.54, 1.807) is 0 Å². The fourth-order valence-electron chi connectivity index (χ4n) is 3.43. The first-order chi connectivity index (χ1) is 12.8. The smallest absolute Gasteiger partial charge is 0.127 e. The molecular weight excluding hydrogens is 388 g/mol. The number of para-hydroxylation sites is 2. The second-order valence-electron chi connectivity index (χ2n) is 6.42. The molecule has 2 aromatic carbocycles. The van der Waals surface area contributed by atoms with Crippen LogP contribution in [0.2, 0.25) is 0 Å². The molecule has 0 amide bonds. The summed E-state index contributed by atoms with van der Waals surface area (Å²) in [6, 6.07) is 16.7. The number of anilines is 2. The molecule has 2 heterocycles. The summed E-state index contributed by atoms with van der Waals surface area (Å²) in [4.78, 5) is 4.96. The van der Waals surface area contributed by atoms with Crippen LogP contribution in [0.5, 0.6) is 0 Å². The average molecular weight is 415 g/mol. The number of amidine groups is 1. The molecular formula is C21H27BrN4. The molecule has 1 spiro atoms. The molecule has 26 heavy (non-hydrogen) atoms. The predicted molar refractivity (Wildman–Crippen MR) is 115 cm³/mol. The molecule has 2 aliphatic heterocycles. The largest absolute Gasteiger partial charge is 0.371 e. The highest BCUT2D eigenvalue weighted by Gasteiger charge is 2.40. The van der Waals surface area contributed by atoms with Crippen molar-refractivity contribution in [2.24, 2.45) is 4.99 Å². The van der Waals surface area contributed by atoms with Gasteiger partial charge in [-0.15, -0.1) is 0 Å². The monoisotopic (exact) mass is 414 g/mol. The van der Waals surface area contributed by atoms with E-state index in [1.807, 2.05) is 13.8 Å². The third kappa shape index (κ3) is 4.10. The van der Waals surface area contributed by atoms with Crippen LogP contribution in [0, 0.1) is 0 Å². The molecule has 1 fully saturated rings. The standard InChI is InChI=1S/C19H21BrN4.C2H6/c20-15-7-5-14(6-8-15)13-22-18-19(9-11-21-12-10-19)24-17-4-2-1-3-16(17)23-18;1-2/h1-8,21,24H,9-13H2,(H,22,23);1-2H3. The van der Waals surface area contributed by atoms with Crippen molar-refractivity contribution in [2.75, 3.05) is 23.7 Å². The van der Waals surface area contributed by atoms with Crippen molar-refractivity contribution in [3.05, 3.63) is 58.6 Å². The molecule has 0 aromatic heterocycles. The summed E-state index contributed by atoms with van der Waals surface area (Å²) in [5.74, 6) is 1.06. The number of fused-ring (bicyclic) bond motifs is 1.